The Morgan fingerprint density at radius 1 is 1.12 bits per heavy atom. The molecule has 0 aromatic heterocycles. The van der Waals surface area contributed by atoms with Crippen LogP contribution in [0.5, 0.6) is 0 Å². The summed E-state index contributed by atoms with van der Waals surface area (Å²) in [5, 5.41) is 13.1. The average molecular weight is 368 g/mol. The first-order valence-electron chi connectivity index (χ1n) is 7.50. The van der Waals surface area contributed by atoms with Crippen molar-refractivity contribution in [2.45, 2.75) is 0 Å². The van der Waals surface area contributed by atoms with Crippen LogP contribution in [0.25, 0.3) is 0 Å². The van der Waals surface area contributed by atoms with Crippen LogP contribution in [0.2, 0.25) is 0 Å². The molecule has 1 aliphatic rings. The number of aliphatic imine (C=N–C) groups is 1. The molecule has 3 rings (SSSR count). The summed E-state index contributed by atoms with van der Waals surface area (Å²) in [6.07, 6.45) is 1.20. The fraction of sp³-hybridized carbons (Fsp3) is 0.0588. The summed E-state index contributed by atoms with van der Waals surface area (Å²) < 4.78 is 0. The maximum Gasteiger partial charge on any atom is 0.269 e. The van der Waals surface area contributed by atoms with Crippen molar-refractivity contribution in [2.75, 3.05) is 4.90 Å². The third-order valence-electron chi connectivity index (χ3n) is 3.65. The van der Waals surface area contributed by atoms with E-state index in [0.29, 0.717) is 11.4 Å². The number of amides is 2. The van der Waals surface area contributed by atoms with Crippen molar-refractivity contribution in [1.82, 2.24) is 5.32 Å². The maximum absolute atomic E-state index is 12.7. The Bertz CT molecular complexity index is 912. The van der Waals surface area contributed by atoms with Crippen molar-refractivity contribution in [3.8, 4) is 0 Å². The number of rotatable bonds is 4. The number of non-ortho nitro benzene ring substituents is 1. The van der Waals surface area contributed by atoms with Crippen molar-refractivity contribution in [1.29, 1.82) is 0 Å². The number of carbonyl (C=O) groups excluding carboxylic acids is 2. The molecule has 1 fully saturated rings. The zero-order valence-electron chi connectivity index (χ0n) is 13.2. The molecule has 0 unspecified atom stereocenters. The lowest BCUT2D eigenvalue weighted by Crippen LogP contribution is -2.58. The van der Waals surface area contributed by atoms with Gasteiger partial charge in [0.2, 0.25) is 5.91 Å². The van der Waals surface area contributed by atoms with Gasteiger partial charge in [0.15, 0.2) is 11.0 Å². The zero-order valence-corrected chi connectivity index (χ0v) is 14.1. The second-order valence-electron chi connectivity index (χ2n) is 5.33. The van der Waals surface area contributed by atoms with Gasteiger partial charge in [-0.2, -0.15) is 0 Å². The molecule has 26 heavy (non-hydrogen) atoms. The smallest absolute Gasteiger partial charge is 0.269 e. The van der Waals surface area contributed by atoms with E-state index in [2.05, 4.69) is 10.3 Å². The molecule has 1 saturated heterocycles. The van der Waals surface area contributed by atoms with Crippen molar-refractivity contribution in [3.63, 3.8) is 0 Å². The average Bonchev–Trinajstić information content (AvgIpc) is 2.62. The third kappa shape index (κ3) is 3.47. The predicted molar refractivity (Wildman–Crippen MR) is 99.4 cm³/mol. The lowest BCUT2D eigenvalue weighted by molar-refractivity contribution is -0.384. The van der Waals surface area contributed by atoms with E-state index in [1.54, 1.807) is 30.3 Å². The molecule has 0 bridgehead atoms. The van der Waals surface area contributed by atoms with E-state index in [9.17, 15) is 19.7 Å². The van der Waals surface area contributed by atoms with Crippen LogP contribution in [0.1, 0.15) is 0 Å². The number of hydrogen-bond donors (Lipinski definition) is 1. The molecule has 0 radical (unpaired) electrons. The SMILES string of the molecule is O=C1NC(=S)N(c2ccccc2)C(=O)[C@@H]1C=Nc1ccc([N+](=O)[O-])cc1. The van der Waals surface area contributed by atoms with Gasteiger partial charge in [0, 0.05) is 18.3 Å². The van der Waals surface area contributed by atoms with Gasteiger partial charge in [-0.25, -0.2) is 0 Å². The number of nitro groups is 1. The minimum Gasteiger partial charge on any atom is -0.301 e. The molecule has 2 aromatic rings. The number of nitrogens with one attached hydrogen (secondary N) is 1. The number of thiocarbonyl (C=S) groups is 1. The van der Waals surface area contributed by atoms with Crippen LogP contribution in [0.15, 0.2) is 59.6 Å². The fourth-order valence-electron chi connectivity index (χ4n) is 2.36. The number of nitro benzene ring substituents is 1. The third-order valence-corrected chi connectivity index (χ3v) is 3.93. The van der Waals surface area contributed by atoms with E-state index >= 15 is 0 Å². The Morgan fingerprint density at radius 3 is 2.38 bits per heavy atom. The summed E-state index contributed by atoms with van der Waals surface area (Å²) in [6, 6.07) is 14.1. The second kappa shape index (κ2) is 7.19. The number of anilines is 1. The van der Waals surface area contributed by atoms with Gasteiger partial charge in [0.05, 0.1) is 16.3 Å². The van der Waals surface area contributed by atoms with Gasteiger partial charge in [-0.3, -0.25) is 29.6 Å². The highest BCUT2D eigenvalue weighted by molar-refractivity contribution is 7.80. The molecule has 0 aliphatic carbocycles. The summed E-state index contributed by atoms with van der Waals surface area (Å²) in [5.74, 6) is -2.24. The minimum atomic E-state index is -1.16. The highest BCUT2D eigenvalue weighted by atomic mass is 32.1. The van der Waals surface area contributed by atoms with Crippen LogP contribution < -0.4 is 10.2 Å². The van der Waals surface area contributed by atoms with Crippen LogP contribution in [0.3, 0.4) is 0 Å². The van der Waals surface area contributed by atoms with Gasteiger partial charge in [0.1, 0.15) is 0 Å². The van der Waals surface area contributed by atoms with Gasteiger partial charge in [-0.05, 0) is 36.5 Å². The first-order chi connectivity index (χ1) is 12.5. The molecule has 130 valence electrons. The van der Waals surface area contributed by atoms with Crippen molar-refractivity contribution in [3.05, 3.63) is 64.7 Å². The van der Waals surface area contributed by atoms with Crippen LogP contribution in [0.4, 0.5) is 17.1 Å². The predicted octanol–water partition coefficient (Wildman–Crippen LogP) is 2.36. The molecule has 0 spiro atoms. The maximum atomic E-state index is 12.7. The monoisotopic (exact) mass is 368 g/mol. The second-order valence-corrected chi connectivity index (χ2v) is 5.72. The van der Waals surface area contributed by atoms with Crippen molar-refractivity contribution in [2.24, 2.45) is 10.9 Å². The zero-order chi connectivity index (χ0) is 18.7. The number of para-hydroxylation sites is 1. The van der Waals surface area contributed by atoms with E-state index in [1.165, 1.54) is 35.4 Å². The normalized spacial score (nSPS) is 17.5. The van der Waals surface area contributed by atoms with Crippen LogP contribution in [-0.2, 0) is 9.59 Å². The Kier molecular flexibility index (Phi) is 4.81. The summed E-state index contributed by atoms with van der Waals surface area (Å²) in [5.41, 5.74) is 0.850. The molecule has 2 amide bonds. The number of carbonyl (C=O) groups is 2. The quantitative estimate of drug-likeness (QED) is 0.293. The van der Waals surface area contributed by atoms with Crippen LogP contribution in [-0.4, -0.2) is 28.1 Å². The van der Waals surface area contributed by atoms with E-state index in [4.69, 9.17) is 12.2 Å². The molecule has 0 saturated carbocycles. The molecule has 1 N–H and O–H groups in total. The van der Waals surface area contributed by atoms with E-state index in [0.717, 1.165) is 0 Å². The van der Waals surface area contributed by atoms with E-state index in [1.807, 2.05) is 0 Å². The number of nitrogens with zero attached hydrogens (tertiary/aromatic N) is 3. The summed E-state index contributed by atoms with van der Waals surface area (Å²) in [7, 11) is 0. The molecule has 9 heteroatoms. The van der Waals surface area contributed by atoms with Crippen LogP contribution >= 0.6 is 12.2 Å². The highest BCUT2D eigenvalue weighted by Crippen LogP contribution is 2.21. The molecule has 1 aliphatic heterocycles. The van der Waals surface area contributed by atoms with Gasteiger partial charge in [0.25, 0.3) is 11.6 Å². The number of hydrogen-bond acceptors (Lipinski definition) is 6. The van der Waals surface area contributed by atoms with Crippen molar-refractivity contribution < 1.29 is 14.5 Å². The minimum absolute atomic E-state index is 0.00573. The van der Waals surface area contributed by atoms with E-state index in [-0.39, 0.29) is 10.8 Å². The Morgan fingerprint density at radius 2 is 1.77 bits per heavy atom. The summed E-state index contributed by atoms with van der Waals surface area (Å²) >= 11 is 5.10. The standard InChI is InChI=1S/C17H12N4O4S/c22-15-14(10-18-11-6-8-13(9-7-11)21(24)25)16(23)20(17(26)19-15)12-4-2-1-3-5-12/h1-10,14H,(H,19,22,26)/t14-/m1/s1. The van der Waals surface area contributed by atoms with E-state index < -0.39 is 22.7 Å². The molecule has 1 atom stereocenters. The molecule has 8 nitrogen and oxygen atoms in total. The van der Waals surface area contributed by atoms with Gasteiger partial charge in [-0.1, -0.05) is 18.2 Å². The van der Waals surface area contributed by atoms with Gasteiger partial charge in [-0.15, -0.1) is 0 Å². The van der Waals surface area contributed by atoms with Crippen LogP contribution in [0, 0.1) is 16.0 Å². The number of benzene rings is 2. The molecular formula is C17H12N4O4S. The summed E-state index contributed by atoms with van der Waals surface area (Å²) in [4.78, 5) is 40.3. The lowest BCUT2D eigenvalue weighted by atomic mass is 10.1. The first kappa shape index (κ1) is 17.4. The van der Waals surface area contributed by atoms with Crippen molar-refractivity contribution >= 4 is 52.4 Å². The molecular weight excluding hydrogens is 356 g/mol. The summed E-state index contributed by atoms with van der Waals surface area (Å²) in [6.45, 7) is 0. The van der Waals surface area contributed by atoms with Gasteiger partial charge >= 0.3 is 0 Å². The lowest BCUT2D eigenvalue weighted by Gasteiger charge is -2.30. The Hall–Kier alpha value is -3.46. The molecule has 2 aromatic carbocycles. The largest absolute Gasteiger partial charge is 0.301 e. The van der Waals surface area contributed by atoms with Gasteiger partial charge < -0.3 is 5.32 Å². The molecule has 1 heterocycles. The topological polar surface area (TPSA) is 105 Å². The fourth-order valence-corrected chi connectivity index (χ4v) is 2.66. The Labute approximate surface area is 153 Å². The Balaban J connectivity index is 1.84. The first-order valence-corrected chi connectivity index (χ1v) is 7.90. The highest BCUT2D eigenvalue weighted by Gasteiger charge is 2.38.